The number of nitrogens with two attached hydrogens (primary N) is 3. The summed E-state index contributed by atoms with van der Waals surface area (Å²) in [5, 5.41) is 6.93. The molecule has 0 saturated heterocycles. The van der Waals surface area contributed by atoms with Crippen molar-refractivity contribution in [2.24, 2.45) is 28.3 Å². The Morgan fingerprint density at radius 2 is 1.79 bits per heavy atom. The highest BCUT2D eigenvalue weighted by Crippen LogP contribution is 2.20. The second-order valence-corrected chi connectivity index (χ2v) is 10.6. The summed E-state index contributed by atoms with van der Waals surface area (Å²) in [7, 11) is 1.30. The molecule has 0 spiro atoms. The SMILES string of the molecule is COC(=O)CCN(C(=O)c1ccc2nc(CNc3ccc(/C(N)=N/OC(=O)C(N)C(C)COC(=O)CN)cc3)[nH]c2c1)c1ccccn1. The second kappa shape index (κ2) is 16.6. The molecule has 16 nitrogen and oxygen atoms in total. The highest BCUT2D eigenvalue weighted by Gasteiger charge is 2.24. The molecule has 2 atom stereocenters. The predicted octanol–water partition coefficient (Wildman–Crippen LogP) is 1.41. The topological polar surface area (TPSA) is 243 Å². The fourth-order valence-electron chi connectivity index (χ4n) is 4.35. The predicted molar refractivity (Wildman–Crippen MR) is 176 cm³/mol. The molecule has 2 unspecified atom stereocenters. The maximum Gasteiger partial charge on any atom is 0.352 e. The van der Waals surface area contributed by atoms with Gasteiger partial charge in [0.15, 0.2) is 5.84 Å². The van der Waals surface area contributed by atoms with Gasteiger partial charge in [-0.05, 0) is 54.6 Å². The van der Waals surface area contributed by atoms with Crippen LogP contribution in [0.15, 0.2) is 72.0 Å². The lowest BCUT2D eigenvalue weighted by molar-refractivity contribution is -0.150. The number of amides is 1. The number of esters is 2. The lowest BCUT2D eigenvalue weighted by Gasteiger charge is -2.21. The summed E-state index contributed by atoms with van der Waals surface area (Å²) in [6.45, 7) is 1.69. The van der Waals surface area contributed by atoms with Gasteiger partial charge in [0.2, 0.25) is 0 Å². The number of fused-ring (bicyclic) bond motifs is 1. The molecule has 0 saturated carbocycles. The Morgan fingerprint density at radius 3 is 2.48 bits per heavy atom. The number of methoxy groups -OCH3 is 1. The number of imidazole rings is 1. The van der Waals surface area contributed by atoms with E-state index in [1.165, 1.54) is 12.0 Å². The number of aromatic amines is 1. The number of aromatic nitrogens is 3. The molecule has 0 radical (unpaired) electrons. The Labute approximate surface area is 275 Å². The van der Waals surface area contributed by atoms with E-state index >= 15 is 0 Å². The van der Waals surface area contributed by atoms with E-state index in [1.807, 2.05) is 0 Å². The molecule has 0 fully saturated rings. The zero-order chi connectivity index (χ0) is 34.6. The Kier molecular flexibility index (Phi) is 12.1. The van der Waals surface area contributed by atoms with Crippen LogP contribution in [0.4, 0.5) is 11.5 Å². The van der Waals surface area contributed by atoms with E-state index in [-0.39, 0.29) is 37.9 Å². The number of hydrogen-bond donors (Lipinski definition) is 5. The molecule has 16 heteroatoms. The van der Waals surface area contributed by atoms with Gasteiger partial charge in [-0.25, -0.2) is 14.8 Å². The number of nitrogens with one attached hydrogen (secondary N) is 2. The van der Waals surface area contributed by atoms with E-state index in [2.05, 4.69) is 25.4 Å². The largest absolute Gasteiger partial charge is 0.469 e. The van der Waals surface area contributed by atoms with E-state index in [0.717, 1.165) is 5.69 Å². The summed E-state index contributed by atoms with van der Waals surface area (Å²) in [5.74, 6) is -1.73. The van der Waals surface area contributed by atoms with Crippen LogP contribution in [-0.4, -0.2) is 77.5 Å². The molecule has 0 bridgehead atoms. The van der Waals surface area contributed by atoms with Gasteiger partial charge >= 0.3 is 17.9 Å². The van der Waals surface area contributed by atoms with Crippen molar-refractivity contribution in [2.45, 2.75) is 25.9 Å². The summed E-state index contributed by atoms with van der Waals surface area (Å²) < 4.78 is 9.63. The number of oxime groups is 1. The number of pyridine rings is 1. The number of rotatable bonds is 15. The van der Waals surface area contributed by atoms with Crippen LogP contribution < -0.4 is 27.4 Å². The van der Waals surface area contributed by atoms with E-state index in [0.29, 0.717) is 40.3 Å². The molecule has 4 aromatic rings. The quantitative estimate of drug-likeness (QED) is 0.0399. The molecule has 0 aliphatic carbocycles. The fourth-order valence-corrected chi connectivity index (χ4v) is 4.35. The molecule has 1 amide bonds. The minimum Gasteiger partial charge on any atom is -0.469 e. The van der Waals surface area contributed by atoms with Crippen LogP contribution in [0.1, 0.15) is 35.1 Å². The summed E-state index contributed by atoms with van der Waals surface area (Å²) >= 11 is 0. The number of hydrogen-bond acceptors (Lipinski definition) is 13. The van der Waals surface area contributed by atoms with Crippen LogP contribution in [0.2, 0.25) is 0 Å². The number of H-pyrrole nitrogens is 1. The fraction of sp³-hybridized carbons (Fsp3) is 0.281. The van der Waals surface area contributed by atoms with Gasteiger partial charge < -0.3 is 41.8 Å². The van der Waals surface area contributed by atoms with Gasteiger partial charge in [0.25, 0.3) is 5.91 Å². The third-order valence-corrected chi connectivity index (χ3v) is 7.15. The third kappa shape index (κ3) is 9.34. The van der Waals surface area contributed by atoms with Crippen molar-refractivity contribution < 1.29 is 33.5 Å². The standard InChI is InChI=1S/C32H37N9O7/c1-19(18-47-28(43)16-33)29(34)32(45)48-40-30(35)20-6-9-22(10-7-20)37-17-25-38-23-11-8-21(15-24(23)39-25)31(44)41(14-12-27(42)46-2)26-5-3-4-13-36-26/h3-11,13,15,19,29,37H,12,14,16-18,33-34H2,1-2H3,(H2,35,40)(H,38,39). The Hall–Kier alpha value is -5.87. The lowest BCUT2D eigenvalue weighted by Crippen LogP contribution is -2.40. The second-order valence-electron chi connectivity index (χ2n) is 10.6. The van der Waals surface area contributed by atoms with Crippen LogP contribution >= 0.6 is 0 Å². The van der Waals surface area contributed by atoms with Crippen LogP contribution in [-0.2, 0) is 35.2 Å². The molecule has 48 heavy (non-hydrogen) atoms. The maximum absolute atomic E-state index is 13.5. The molecule has 4 rings (SSSR count). The Morgan fingerprint density at radius 1 is 1.04 bits per heavy atom. The minimum atomic E-state index is -1.09. The van der Waals surface area contributed by atoms with E-state index < -0.39 is 29.9 Å². The molecule has 252 valence electrons. The maximum atomic E-state index is 13.5. The van der Waals surface area contributed by atoms with Crippen LogP contribution in [0.25, 0.3) is 11.0 Å². The normalized spacial score (nSPS) is 12.5. The van der Waals surface area contributed by atoms with Crippen molar-refractivity contribution in [3.05, 3.63) is 83.8 Å². The first-order chi connectivity index (χ1) is 23.1. The average molecular weight is 660 g/mol. The average Bonchev–Trinajstić information content (AvgIpc) is 3.54. The Balaban J connectivity index is 1.35. The van der Waals surface area contributed by atoms with Crippen LogP contribution in [0.3, 0.4) is 0 Å². The number of amidine groups is 1. The number of benzene rings is 2. The molecule has 2 aromatic carbocycles. The van der Waals surface area contributed by atoms with Crippen molar-refractivity contribution in [3.8, 4) is 0 Å². The summed E-state index contributed by atoms with van der Waals surface area (Å²) in [6.07, 6.45) is 1.59. The molecule has 8 N–H and O–H groups in total. The summed E-state index contributed by atoms with van der Waals surface area (Å²) in [5.41, 5.74) is 20.0. The monoisotopic (exact) mass is 659 g/mol. The summed E-state index contributed by atoms with van der Waals surface area (Å²) in [4.78, 5) is 67.1. The molecule has 0 aliphatic rings. The smallest absolute Gasteiger partial charge is 0.352 e. The first-order valence-corrected chi connectivity index (χ1v) is 14.9. The first kappa shape index (κ1) is 35.0. The van der Waals surface area contributed by atoms with Gasteiger partial charge in [-0.1, -0.05) is 18.1 Å². The van der Waals surface area contributed by atoms with Crippen molar-refractivity contribution in [1.82, 2.24) is 15.0 Å². The van der Waals surface area contributed by atoms with Crippen LogP contribution in [0.5, 0.6) is 0 Å². The minimum absolute atomic E-state index is 0.0140. The number of anilines is 2. The Bertz CT molecular complexity index is 1760. The molecular weight excluding hydrogens is 622 g/mol. The highest BCUT2D eigenvalue weighted by atomic mass is 16.7. The van der Waals surface area contributed by atoms with E-state index in [1.54, 1.807) is 73.8 Å². The zero-order valence-electron chi connectivity index (χ0n) is 26.4. The van der Waals surface area contributed by atoms with Crippen LogP contribution in [0, 0.1) is 5.92 Å². The van der Waals surface area contributed by atoms with Crippen molar-refractivity contribution in [2.75, 3.05) is 37.0 Å². The van der Waals surface area contributed by atoms with Gasteiger partial charge in [0, 0.05) is 35.5 Å². The third-order valence-electron chi connectivity index (χ3n) is 7.15. The molecular formula is C32H37N9O7. The van der Waals surface area contributed by atoms with Gasteiger partial charge in [0.05, 0.1) is 44.3 Å². The molecule has 0 aliphatic heterocycles. The first-order valence-electron chi connectivity index (χ1n) is 14.9. The highest BCUT2D eigenvalue weighted by molar-refractivity contribution is 6.07. The van der Waals surface area contributed by atoms with Gasteiger partial charge in [-0.3, -0.25) is 19.3 Å². The van der Waals surface area contributed by atoms with Crippen molar-refractivity contribution in [1.29, 1.82) is 0 Å². The van der Waals surface area contributed by atoms with Crippen molar-refractivity contribution >= 4 is 52.2 Å². The number of carbonyl (C=O) groups excluding carboxylic acids is 4. The van der Waals surface area contributed by atoms with Gasteiger partial charge in [-0.2, -0.15) is 0 Å². The lowest BCUT2D eigenvalue weighted by atomic mass is 10.0. The molecule has 2 aromatic heterocycles. The van der Waals surface area contributed by atoms with Gasteiger partial charge in [-0.15, -0.1) is 0 Å². The summed E-state index contributed by atoms with van der Waals surface area (Å²) in [6, 6.07) is 16.1. The van der Waals surface area contributed by atoms with E-state index in [4.69, 9.17) is 31.5 Å². The van der Waals surface area contributed by atoms with Crippen molar-refractivity contribution in [3.63, 3.8) is 0 Å². The zero-order valence-corrected chi connectivity index (χ0v) is 26.4. The number of ether oxygens (including phenoxy) is 2. The number of carbonyl (C=O) groups is 4. The van der Waals surface area contributed by atoms with E-state index in [9.17, 15) is 19.2 Å². The number of nitrogens with zero attached hydrogens (tertiary/aromatic N) is 4. The molecule has 2 heterocycles. The van der Waals surface area contributed by atoms with Gasteiger partial charge in [0.1, 0.15) is 17.7 Å².